The van der Waals surface area contributed by atoms with Crippen LogP contribution in [0.4, 0.5) is 5.69 Å². The number of halogens is 1. The summed E-state index contributed by atoms with van der Waals surface area (Å²) in [6.45, 7) is 0.294. The van der Waals surface area contributed by atoms with Crippen molar-refractivity contribution in [2.75, 3.05) is 12.4 Å². The van der Waals surface area contributed by atoms with Crippen LogP contribution in [-0.4, -0.2) is 24.0 Å². The molecule has 1 heterocycles. The van der Waals surface area contributed by atoms with Gasteiger partial charge in [0.25, 0.3) is 5.91 Å². The molecule has 0 spiro atoms. The van der Waals surface area contributed by atoms with Crippen molar-refractivity contribution in [2.24, 2.45) is 0 Å². The van der Waals surface area contributed by atoms with Gasteiger partial charge in [0.15, 0.2) is 0 Å². The van der Waals surface area contributed by atoms with E-state index in [2.05, 4.69) is 10.6 Å². The number of carbonyl (C=O) groups excluding carboxylic acids is 1. The number of benzene rings is 1. The fraction of sp³-hybridized carbons (Fsp3) is 0.143. The predicted molar refractivity (Wildman–Crippen MR) is 77.8 cm³/mol. The molecule has 1 aromatic carbocycles. The van der Waals surface area contributed by atoms with E-state index in [9.17, 15) is 9.59 Å². The number of amides is 1. The van der Waals surface area contributed by atoms with Crippen LogP contribution in [0.1, 0.15) is 26.5 Å². The molecule has 0 aliphatic carbocycles. The maximum absolute atomic E-state index is 11.6. The Balaban J connectivity index is 2.09. The van der Waals surface area contributed by atoms with Crippen molar-refractivity contribution in [3.63, 3.8) is 0 Å². The zero-order chi connectivity index (χ0) is 15.4. The molecule has 7 heteroatoms. The first-order valence-electron chi connectivity index (χ1n) is 6.07. The van der Waals surface area contributed by atoms with Gasteiger partial charge in [0, 0.05) is 12.7 Å². The molecule has 0 aliphatic heterocycles. The van der Waals surface area contributed by atoms with Crippen LogP contribution in [0.3, 0.4) is 0 Å². The van der Waals surface area contributed by atoms with Gasteiger partial charge in [-0.05, 0) is 24.3 Å². The highest BCUT2D eigenvalue weighted by Gasteiger charge is 2.11. The molecule has 0 fully saturated rings. The van der Waals surface area contributed by atoms with E-state index in [1.54, 1.807) is 18.2 Å². The van der Waals surface area contributed by atoms with Crippen LogP contribution in [0.5, 0.6) is 0 Å². The molecule has 21 heavy (non-hydrogen) atoms. The lowest BCUT2D eigenvalue weighted by atomic mass is 10.2. The van der Waals surface area contributed by atoms with Gasteiger partial charge >= 0.3 is 5.97 Å². The number of aromatic carboxylic acids is 1. The topological polar surface area (TPSA) is 91.6 Å². The summed E-state index contributed by atoms with van der Waals surface area (Å²) in [6.07, 6.45) is 1.18. The summed E-state index contributed by atoms with van der Waals surface area (Å²) in [4.78, 5) is 22.4. The minimum atomic E-state index is -1.04. The van der Waals surface area contributed by atoms with Crippen LogP contribution in [-0.2, 0) is 6.54 Å². The Morgan fingerprint density at radius 1 is 1.33 bits per heavy atom. The number of nitrogens with one attached hydrogen (secondary N) is 2. The maximum Gasteiger partial charge on any atom is 0.338 e. The third kappa shape index (κ3) is 3.55. The number of furan rings is 1. The highest BCUT2D eigenvalue weighted by Crippen LogP contribution is 2.21. The number of carboxylic acid groups (broad SMARTS) is 1. The summed E-state index contributed by atoms with van der Waals surface area (Å²) in [7, 11) is 1.52. The van der Waals surface area contributed by atoms with E-state index in [1.807, 2.05) is 0 Å². The summed E-state index contributed by atoms with van der Waals surface area (Å²) in [6, 6.07) is 6.38. The number of hydrogen-bond donors (Lipinski definition) is 3. The molecule has 6 nitrogen and oxygen atoms in total. The second kappa shape index (κ2) is 6.32. The number of hydrogen-bond acceptors (Lipinski definition) is 4. The second-order valence-corrected chi connectivity index (χ2v) is 4.64. The quantitative estimate of drug-likeness (QED) is 0.789. The maximum atomic E-state index is 11.6. The lowest BCUT2D eigenvalue weighted by molar-refractivity contribution is 0.0696. The van der Waals surface area contributed by atoms with Crippen LogP contribution in [0, 0.1) is 0 Å². The normalized spacial score (nSPS) is 10.2. The van der Waals surface area contributed by atoms with E-state index >= 15 is 0 Å². The fourth-order valence-electron chi connectivity index (χ4n) is 1.72. The number of rotatable bonds is 5. The van der Waals surface area contributed by atoms with E-state index in [4.69, 9.17) is 21.1 Å². The van der Waals surface area contributed by atoms with Gasteiger partial charge in [-0.1, -0.05) is 11.6 Å². The smallest absolute Gasteiger partial charge is 0.338 e. The highest BCUT2D eigenvalue weighted by molar-refractivity contribution is 6.34. The molecule has 1 aromatic heterocycles. The molecule has 0 saturated heterocycles. The number of anilines is 1. The molecule has 3 N–H and O–H groups in total. The van der Waals surface area contributed by atoms with Crippen LogP contribution >= 0.6 is 11.6 Å². The van der Waals surface area contributed by atoms with Crippen molar-refractivity contribution < 1.29 is 19.1 Å². The Morgan fingerprint density at radius 3 is 2.71 bits per heavy atom. The molecule has 2 aromatic rings. The minimum Gasteiger partial charge on any atom is -0.478 e. The van der Waals surface area contributed by atoms with Gasteiger partial charge in [-0.2, -0.15) is 0 Å². The average Bonchev–Trinajstić information content (AvgIpc) is 2.94. The summed E-state index contributed by atoms with van der Waals surface area (Å²) < 4.78 is 5.12. The standard InChI is InChI=1S/C14H13ClN2O4/c1-16-13(18)11-5-9(2-3-12(11)15)17-6-10-4-8(7-21-10)14(19)20/h2-5,7,17H,6H2,1H3,(H,16,18)(H,19,20). The number of carboxylic acids is 1. The molecule has 0 saturated carbocycles. The molecular weight excluding hydrogens is 296 g/mol. The van der Waals surface area contributed by atoms with Crippen molar-refractivity contribution in [1.29, 1.82) is 0 Å². The molecule has 2 rings (SSSR count). The van der Waals surface area contributed by atoms with E-state index < -0.39 is 5.97 Å². The Kier molecular flexibility index (Phi) is 4.49. The van der Waals surface area contributed by atoms with Gasteiger partial charge in [-0.3, -0.25) is 4.79 Å². The Bertz CT molecular complexity index is 681. The zero-order valence-corrected chi connectivity index (χ0v) is 11.9. The van der Waals surface area contributed by atoms with Crippen LogP contribution in [0.25, 0.3) is 0 Å². The number of carbonyl (C=O) groups is 2. The fourth-order valence-corrected chi connectivity index (χ4v) is 1.92. The Morgan fingerprint density at radius 2 is 2.10 bits per heavy atom. The third-order valence-electron chi connectivity index (χ3n) is 2.81. The van der Waals surface area contributed by atoms with Crippen molar-refractivity contribution in [3.8, 4) is 0 Å². The molecular formula is C14H13ClN2O4. The molecule has 0 aliphatic rings. The molecule has 0 unspecified atom stereocenters. The largest absolute Gasteiger partial charge is 0.478 e. The summed E-state index contributed by atoms with van der Waals surface area (Å²) in [5, 5.41) is 14.7. The molecule has 0 bridgehead atoms. The first kappa shape index (κ1) is 14.9. The first-order chi connectivity index (χ1) is 10.0. The van der Waals surface area contributed by atoms with Gasteiger partial charge < -0.3 is 20.2 Å². The van der Waals surface area contributed by atoms with Crippen molar-refractivity contribution in [2.45, 2.75) is 6.54 Å². The highest BCUT2D eigenvalue weighted by atomic mass is 35.5. The molecule has 0 atom stereocenters. The zero-order valence-electron chi connectivity index (χ0n) is 11.1. The lowest BCUT2D eigenvalue weighted by Gasteiger charge is -2.08. The first-order valence-corrected chi connectivity index (χ1v) is 6.45. The van der Waals surface area contributed by atoms with Crippen LogP contribution in [0.15, 0.2) is 34.9 Å². The minimum absolute atomic E-state index is 0.0916. The Labute approximate surface area is 125 Å². The predicted octanol–water partition coefficient (Wildman–Crippen LogP) is 2.60. The van der Waals surface area contributed by atoms with Gasteiger partial charge in [-0.15, -0.1) is 0 Å². The van der Waals surface area contributed by atoms with Gasteiger partial charge in [-0.25, -0.2) is 4.79 Å². The lowest BCUT2D eigenvalue weighted by Crippen LogP contribution is -2.18. The molecule has 110 valence electrons. The summed E-state index contributed by atoms with van der Waals surface area (Å²) >= 11 is 5.95. The second-order valence-electron chi connectivity index (χ2n) is 4.23. The van der Waals surface area contributed by atoms with Crippen molar-refractivity contribution in [1.82, 2.24) is 5.32 Å². The van der Waals surface area contributed by atoms with E-state index in [-0.39, 0.29) is 11.5 Å². The molecule has 1 amide bonds. The third-order valence-corrected chi connectivity index (χ3v) is 3.14. The van der Waals surface area contributed by atoms with Gasteiger partial charge in [0.05, 0.1) is 22.7 Å². The summed E-state index contributed by atoms with van der Waals surface area (Å²) in [5.41, 5.74) is 1.12. The van der Waals surface area contributed by atoms with Gasteiger partial charge in [0.1, 0.15) is 12.0 Å². The summed E-state index contributed by atoms with van der Waals surface area (Å²) in [5.74, 6) is -0.850. The SMILES string of the molecule is CNC(=O)c1cc(NCc2cc(C(=O)O)co2)ccc1Cl. The van der Waals surface area contributed by atoms with E-state index in [0.29, 0.717) is 28.6 Å². The van der Waals surface area contributed by atoms with E-state index in [0.717, 1.165) is 0 Å². The average molecular weight is 309 g/mol. The van der Waals surface area contributed by atoms with Crippen molar-refractivity contribution >= 4 is 29.2 Å². The van der Waals surface area contributed by atoms with Crippen LogP contribution < -0.4 is 10.6 Å². The van der Waals surface area contributed by atoms with E-state index in [1.165, 1.54) is 19.4 Å². The molecule has 0 radical (unpaired) electrons. The van der Waals surface area contributed by atoms with Crippen LogP contribution in [0.2, 0.25) is 5.02 Å². The monoisotopic (exact) mass is 308 g/mol. The van der Waals surface area contributed by atoms with Gasteiger partial charge in [0.2, 0.25) is 0 Å². The Hall–Kier alpha value is -2.47. The van der Waals surface area contributed by atoms with Crippen molar-refractivity contribution in [3.05, 3.63) is 52.4 Å².